The Bertz CT molecular complexity index is 1030. The molecule has 8 heteroatoms. The van der Waals surface area contributed by atoms with Crippen molar-refractivity contribution in [1.82, 2.24) is 9.99 Å². The number of aryl methyl sites for hydroxylation is 1. The average Bonchev–Trinajstić information content (AvgIpc) is 3.23. The van der Waals surface area contributed by atoms with Gasteiger partial charge in [0, 0.05) is 36.0 Å². The van der Waals surface area contributed by atoms with Gasteiger partial charge in [-0.3, -0.25) is 4.79 Å². The quantitative estimate of drug-likeness (QED) is 0.506. The first kappa shape index (κ1) is 21.1. The number of carbonyl (C=O) groups excluding carboxylic acids is 1. The molecule has 0 spiro atoms. The van der Waals surface area contributed by atoms with Gasteiger partial charge in [-0.1, -0.05) is 6.58 Å². The van der Waals surface area contributed by atoms with Gasteiger partial charge < -0.3 is 4.74 Å². The van der Waals surface area contributed by atoms with E-state index in [0.717, 1.165) is 17.1 Å². The Labute approximate surface area is 173 Å². The van der Waals surface area contributed by atoms with E-state index >= 15 is 0 Å². The van der Waals surface area contributed by atoms with Crippen molar-refractivity contribution in [2.45, 2.75) is 32.2 Å². The van der Waals surface area contributed by atoms with E-state index in [-0.39, 0.29) is 11.1 Å². The number of nitriles is 1. The minimum atomic E-state index is -0.705. The molecule has 0 saturated heterocycles. The number of ether oxygens (including phenoxy) is 1. The van der Waals surface area contributed by atoms with Crippen molar-refractivity contribution in [3.63, 3.8) is 0 Å². The topological polar surface area (TPSA) is 78.6 Å². The molecule has 0 bridgehead atoms. The zero-order valence-corrected chi connectivity index (χ0v) is 16.4. The fourth-order valence-corrected chi connectivity index (χ4v) is 3.05. The van der Waals surface area contributed by atoms with Crippen LogP contribution in [0, 0.1) is 29.9 Å². The summed E-state index contributed by atoms with van der Waals surface area (Å²) in [4.78, 5) is 16.7. The van der Waals surface area contributed by atoms with Crippen LogP contribution in [0.15, 0.2) is 47.7 Å². The molecule has 1 aliphatic rings. The lowest BCUT2D eigenvalue weighted by molar-refractivity contribution is -0.129. The Balaban J connectivity index is 1.56. The fraction of sp³-hybridized carbons (Fsp3) is 0.273. The summed E-state index contributed by atoms with van der Waals surface area (Å²) >= 11 is 0. The van der Waals surface area contributed by atoms with Crippen LogP contribution in [0.4, 0.5) is 8.78 Å². The summed E-state index contributed by atoms with van der Waals surface area (Å²) in [6.07, 6.45) is 4.07. The van der Waals surface area contributed by atoms with E-state index in [1.807, 2.05) is 6.07 Å². The zero-order valence-electron chi connectivity index (χ0n) is 16.4. The van der Waals surface area contributed by atoms with Crippen LogP contribution in [0.1, 0.15) is 42.0 Å². The maximum Gasteiger partial charge on any atom is 0.269 e. The number of nitrogens with zero attached hydrogens (tertiary/aromatic N) is 4. The number of pyridine rings is 1. The monoisotopic (exact) mass is 410 g/mol. The lowest BCUT2D eigenvalue weighted by Gasteiger charge is -2.23. The molecule has 0 fully saturated rings. The summed E-state index contributed by atoms with van der Waals surface area (Å²) in [7, 11) is 0. The molecule has 3 rings (SSSR count). The smallest absolute Gasteiger partial charge is 0.269 e. The number of amides is 1. The number of rotatable bonds is 7. The van der Waals surface area contributed by atoms with Crippen molar-refractivity contribution in [3.05, 3.63) is 70.9 Å². The Morgan fingerprint density at radius 2 is 2.17 bits per heavy atom. The van der Waals surface area contributed by atoms with E-state index < -0.39 is 23.6 Å². The van der Waals surface area contributed by atoms with Gasteiger partial charge in [0.1, 0.15) is 17.7 Å². The average molecular weight is 410 g/mol. The highest BCUT2D eigenvalue weighted by Crippen LogP contribution is 2.32. The lowest BCUT2D eigenvalue weighted by Crippen LogP contribution is -2.29. The molecule has 1 atom stereocenters. The number of hydrogen-bond acceptors (Lipinski definition) is 5. The molecule has 1 aromatic heterocycles. The summed E-state index contributed by atoms with van der Waals surface area (Å²) in [6, 6.07) is 6.70. The van der Waals surface area contributed by atoms with Gasteiger partial charge in [0.2, 0.25) is 5.88 Å². The van der Waals surface area contributed by atoms with Gasteiger partial charge in [-0.15, -0.1) is 0 Å². The first-order chi connectivity index (χ1) is 14.4. The van der Waals surface area contributed by atoms with Crippen LogP contribution in [0.25, 0.3) is 0 Å². The van der Waals surface area contributed by atoms with Crippen LogP contribution in [0.5, 0.6) is 5.88 Å². The Morgan fingerprint density at radius 1 is 1.37 bits per heavy atom. The number of hydrazone groups is 1. The molecule has 0 radical (unpaired) electrons. The Kier molecular flexibility index (Phi) is 6.52. The number of halogens is 2. The van der Waals surface area contributed by atoms with Crippen LogP contribution >= 0.6 is 0 Å². The SMILES string of the molecule is C=C(CCCOc1ccc(C#N)cn1)C(=O)N1N=CCC1c1cc(F)c(C)cc1F. The largest absolute Gasteiger partial charge is 0.478 e. The van der Waals surface area contributed by atoms with Crippen molar-refractivity contribution >= 4 is 12.1 Å². The highest BCUT2D eigenvalue weighted by molar-refractivity contribution is 5.94. The third-order valence-electron chi connectivity index (χ3n) is 4.72. The normalized spacial score (nSPS) is 15.1. The molecule has 1 aromatic carbocycles. The van der Waals surface area contributed by atoms with Gasteiger partial charge >= 0.3 is 0 Å². The lowest BCUT2D eigenvalue weighted by atomic mass is 10.0. The van der Waals surface area contributed by atoms with Gasteiger partial charge in [-0.2, -0.15) is 10.4 Å². The summed E-state index contributed by atoms with van der Waals surface area (Å²) in [5.74, 6) is -1.16. The maximum absolute atomic E-state index is 14.4. The highest BCUT2D eigenvalue weighted by Gasteiger charge is 2.31. The van der Waals surface area contributed by atoms with Crippen LogP contribution in [-0.2, 0) is 4.79 Å². The molecule has 0 N–H and O–H groups in total. The minimum Gasteiger partial charge on any atom is -0.478 e. The summed E-state index contributed by atoms with van der Waals surface area (Å²) in [5.41, 5.74) is 1.02. The molecule has 6 nitrogen and oxygen atoms in total. The molecule has 1 unspecified atom stereocenters. The second-order valence-corrected chi connectivity index (χ2v) is 6.87. The van der Waals surface area contributed by atoms with E-state index in [1.54, 1.807) is 12.1 Å². The summed E-state index contributed by atoms with van der Waals surface area (Å²) in [6.45, 7) is 5.59. The van der Waals surface area contributed by atoms with Crippen molar-refractivity contribution in [1.29, 1.82) is 5.26 Å². The van der Waals surface area contributed by atoms with E-state index in [0.29, 0.717) is 42.9 Å². The summed E-state index contributed by atoms with van der Waals surface area (Å²) in [5, 5.41) is 13.9. The summed E-state index contributed by atoms with van der Waals surface area (Å²) < 4.78 is 33.8. The van der Waals surface area contributed by atoms with E-state index in [2.05, 4.69) is 16.7 Å². The second kappa shape index (κ2) is 9.27. The minimum absolute atomic E-state index is 0.0898. The predicted molar refractivity (Wildman–Crippen MR) is 107 cm³/mol. The van der Waals surface area contributed by atoms with Crippen molar-refractivity contribution in [2.24, 2.45) is 5.10 Å². The number of aromatic nitrogens is 1. The van der Waals surface area contributed by atoms with E-state index in [9.17, 15) is 13.6 Å². The highest BCUT2D eigenvalue weighted by atomic mass is 19.1. The van der Waals surface area contributed by atoms with E-state index in [4.69, 9.17) is 10.00 Å². The van der Waals surface area contributed by atoms with Gasteiger partial charge in [0.15, 0.2) is 0 Å². The first-order valence-corrected chi connectivity index (χ1v) is 9.39. The molecule has 1 aliphatic heterocycles. The van der Waals surface area contributed by atoms with Crippen molar-refractivity contribution in [2.75, 3.05) is 6.61 Å². The molecule has 1 amide bonds. The molecular formula is C22H20F2N4O2. The predicted octanol–water partition coefficient (Wildman–Crippen LogP) is 4.21. The molecule has 2 aromatic rings. The van der Waals surface area contributed by atoms with E-state index in [1.165, 1.54) is 19.3 Å². The fourth-order valence-electron chi connectivity index (χ4n) is 3.05. The molecule has 0 saturated carbocycles. The Hall–Kier alpha value is -3.60. The van der Waals surface area contributed by atoms with Gasteiger partial charge in [-0.25, -0.2) is 18.8 Å². The van der Waals surface area contributed by atoms with Crippen molar-refractivity contribution in [3.8, 4) is 11.9 Å². The molecular weight excluding hydrogens is 390 g/mol. The molecule has 30 heavy (non-hydrogen) atoms. The van der Waals surface area contributed by atoms with Gasteiger partial charge in [-0.05, 0) is 43.5 Å². The van der Waals surface area contributed by atoms with Crippen molar-refractivity contribution < 1.29 is 18.3 Å². The molecule has 154 valence electrons. The van der Waals surface area contributed by atoms with Crippen LogP contribution < -0.4 is 4.74 Å². The number of carbonyl (C=O) groups is 1. The third kappa shape index (κ3) is 4.69. The number of hydrogen-bond donors (Lipinski definition) is 0. The second-order valence-electron chi connectivity index (χ2n) is 6.87. The zero-order chi connectivity index (χ0) is 21.7. The van der Waals surface area contributed by atoms with Gasteiger partial charge in [0.25, 0.3) is 5.91 Å². The van der Waals surface area contributed by atoms with Crippen LogP contribution in [-0.4, -0.2) is 28.7 Å². The van der Waals surface area contributed by atoms with Crippen LogP contribution in [0.3, 0.4) is 0 Å². The first-order valence-electron chi connectivity index (χ1n) is 9.39. The number of benzene rings is 1. The standard InChI is InChI=1S/C22H20F2N4O2/c1-14(4-3-9-30-21-6-5-16(12-25)13-26-21)22(29)28-20(7-8-27-28)17-11-18(23)15(2)10-19(17)24/h5-6,8,10-11,13,20H,1,3-4,7,9H2,2H3. The molecule has 2 heterocycles. The van der Waals surface area contributed by atoms with Crippen LogP contribution in [0.2, 0.25) is 0 Å². The third-order valence-corrected chi connectivity index (χ3v) is 4.72. The Morgan fingerprint density at radius 3 is 2.87 bits per heavy atom. The molecule has 0 aliphatic carbocycles. The maximum atomic E-state index is 14.4. The van der Waals surface area contributed by atoms with Gasteiger partial charge in [0.05, 0.1) is 18.2 Å².